The Bertz CT molecular complexity index is 939. The third-order valence-corrected chi connectivity index (χ3v) is 3.91. The maximum atomic E-state index is 12.5. The fraction of sp³-hybridized carbons (Fsp3) is 0.250. The van der Waals surface area contributed by atoms with E-state index in [2.05, 4.69) is 20.4 Å². The van der Waals surface area contributed by atoms with E-state index in [4.69, 9.17) is 0 Å². The van der Waals surface area contributed by atoms with Crippen LogP contribution in [-0.4, -0.2) is 25.5 Å². The molecule has 1 aliphatic rings. The minimum atomic E-state index is -0.382. The van der Waals surface area contributed by atoms with Gasteiger partial charge in [-0.1, -0.05) is 6.07 Å². The quantitative estimate of drug-likeness (QED) is 0.763. The van der Waals surface area contributed by atoms with Crippen LogP contribution in [0.15, 0.2) is 41.5 Å². The first-order valence-corrected chi connectivity index (χ1v) is 7.53. The van der Waals surface area contributed by atoms with Gasteiger partial charge < -0.3 is 4.98 Å². The SMILES string of the molecule is O=C(Nn1ccccc1=O)c1ccnc2nc(CC3CC3)[nH]c12. The van der Waals surface area contributed by atoms with Crippen LogP contribution in [0.2, 0.25) is 0 Å². The van der Waals surface area contributed by atoms with Gasteiger partial charge in [0, 0.05) is 24.9 Å². The van der Waals surface area contributed by atoms with E-state index in [1.165, 1.54) is 25.1 Å². The fourth-order valence-electron chi connectivity index (χ4n) is 2.53. The molecule has 23 heavy (non-hydrogen) atoms. The van der Waals surface area contributed by atoms with Crippen LogP contribution in [0.25, 0.3) is 11.2 Å². The number of rotatable bonds is 4. The van der Waals surface area contributed by atoms with Crippen LogP contribution in [-0.2, 0) is 6.42 Å². The number of imidazole rings is 1. The second-order valence-electron chi connectivity index (χ2n) is 5.74. The van der Waals surface area contributed by atoms with E-state index in [0.717, 1.165) is 16.9 Å². The first-order chi connectivity index (χ1) is 11.2. The molecule has 7 heteroatoms. The first kappa shape index (κ1) is 13.7. The van der Waals surface area contributed by atoms with Gasteiger partial charge in [-0.25, -0.2) is 14.6 Å². The smallest absolute Gasteiger partial charge is 0.272 e. The van der Waals surface area contributed by atoms with Gasteiger partial charge in [0.2, 0.25) is 0 Å². The normalized spacial score (nSPS) is 14.1. The zero-order chi connectivity index (χ0) is 15.8. The predicted molar refractivity (Wildman–Crippen MR) is 84.7 cm³/mol. The Labute approximate surface area is 131 Å². The Hall–Kier alpha value is -2.96. The molecule has 0 saturated heterocycles. The molecular weight excluding hydrogens is 294 g/mol. The van der Waals surface area contributed by atoms with E-state index in [9.17, 15) is 9.59 Å². The molecule has 1 saturated carbocycles. The Morgan fingerprint density at radius 3 is 3.00 bits per heavy atom. The molecule has 4 rings (SSSR count). The number of nitrogens with one attached hydrogen (secondary N) is 2. The highest BCUT2D eigenvalue weighted by Crippen LogP contribution is 2.32. The van der Waals surface area contributed by atoms with Crippen LogP contribution in [0.1, 0.15) is 29.0 Å². The summed E-state index contributed by atoms with van der Waals surface area (Å²) in [5.74, 6) is 1.16. The second-order valence-corrected chi connectivity index (χ2v) is 5.74. The van der Waals surface area contributed by atoms with Crippen LogP contribution in [0.5, 0.6) is 0 Å². The molecular formula is C16H15N5O2. The number of nitrogens with zero attached hydrogens (tertiary/aromatic N) is 3. The van der Waals surface area contributed by atoms with Gasteiger partial charge >= 0.3 is 0 Å². The van der Waals surface area contributed by atoms with Crippen LogP contribution in [0.3, 0.4) is 0 Å². The van der Waals surface area contributed by atoms with Gasteiger partial charge in [0.15, 0.2) is 5.65 Å². The minimum absolute atomic E-state index is 0.301. The molecule has 0 bridgehead atoms. The van der Waals surface area contributed by atoms with E-state index in [1.807, 2.05) is 0 Å². The average Bonchev–Trinajstić information content (AvgIpc) is 3.25. The minimum Gasteiger partial charge on any atom is -0.340 e. The van der Waals surface area contributed by atoms with Crippen molar-refractivity contribution in [2.24, 2.45) is 5.92 Å². The molecule has 2 N–H and O–H groups in total. The molecule has 7 nitrogen and oxygen atoms in total. The summed E-state index contributed by atoms with van der Waals surface area (Å²) in [6.45, 7) is 0. The highest BCUT2D eigenvalue weighted by molar-refractivity contribution is 6.08. The van der Waals surface area contributed by atoms with Gasteiger partial charge in [0.25, 0.3) is 11.5 Å². The number of hydrogen-bond acceptors (Lipinski definition) is 4. The Morgan fingerprint density at radius 2 is 2.22 bits per heavy atom. The molecule has 1 aliphatic carbocycles. The molecule has 3 aromatic rings. The van der Waals surface area contributed by atoms with Crippen molar-refractivity contribution in [2.75, 3.05) is 5.43 Å². The van der Waals surface area contributed by atoms with Crippen molar-refractivity contribution in [2.45, 2.75) is 19.3 Å². The van der Waals surface area contributed by atoms with Gasteiger partial charge in [-0.2, -0.15) is 0 Å². The summed E-state index contributed by atoms with van der Waals surface area (Å²) in [4.78, 5) is 36.0. The highest BCUT2D eigenvalue weighted by Gasteiger charge is 2.24. The van der Waals surface area contributed by atoms with Crippen LogP contribution in [0, 0.1) is 5.92 Å². The molecule has 116 valence electrons. The molecule has 0 unspecified atom stereocenters. The van der Waals surface area contributed by atoms with Crippen LogP contribution >= 0.6 is 0 Å². The Kier molecular flexibility index (Phi) is 3.18. The summed E-state index contributed by atoms with van der Waals surface area (Å²) in [5.41, 5.74) is 3.81. The fourth-order valence-corrected chi connectivity index (χ4v) is 2.53. The van der Waals surface area contributed by atoms with Gasteiger partial charge in [-0.3, -0.25) is 15.0 Å². The summed E-state index contributed by atoms with van der Waals surface area (Å²) in [6.07, 6.45) is 6.40. The van der Waals surface area contributed by atoms with Crippen molar-refractivity contribution in [3.63, 3.8) is 0 Å². The molecule has 0 spiro atoms. The maximum Gasteiger partial charge on any atom is 0.272 e. The number of pyridine rings is 2. The number of carbonyl (C=O) groups excluding carboxylic acids is 1. The summed E-state index contributed by atoms with van der Waals surface area (Å²) >= 11 is 0. The van der Waals surface area contributed by atoms with E-state index in [1.54, 1.807) is 24.4 Å². The lowest BCUT2D eigenvalue weighted by molar-refractivity contribution is 0.101. The summed E-state index contributed by atoms with van der Waals surface area (Å²) in [6, 6.07) is 6.29. The van der Waals surface area contributed by atoms with E-state index >= 15 is 0 Å². The summed E-state index contributed by atoms with van der Waals surface area (Å²) in [5, 5.41) is 0. The zero-order valence-electron chi connectivity index (χ0n) is 12.3. The topological polar surface area (TPSA) is 92.7 Å². The van der Waals surface area contributed by atoms with Gasteiger partial charge in [-0.15, -0.1) is 0 Å². The third-order valence-electron chi connectivity index (χ3n) is 3.91. The molecule has 0 aliphatic heterocycles. The predicted octanol–water partition coefficient (Wildman–Crippen LogP) is 1.46. The van der Waals surface area contributed by atoms with Crippen molar-refractivity contribution < 1.29 is 4.79 Å². The van der Waals surface area contributed by atoms with Crippen LogP contribution < -0.4 is 11.0 Å². The largest absolute Gasteiger partial charge is 0.340 e. The molecule has 1 amide bonds. The van der Waals surface area contributed by atoms with Gasteiger partial charge in [-0.05, 0) is 30.9 Å². The number of aromatic amines is 1. The van der Waals surface area contributed by atoms with Crippen molar-refractivity contribution in [1.29, 1.82) is 0 Å². The number of amides is 1. The monoisotopic (exact) mass is 309 g/mol. The third kappa shape index (κ3) is 2.73. The van der Waals surface area contributed by atoms with Gasteiger partial charge in [0.1, 0.15) is 5.82 Å². The molecule has 0 atom stereocenters. The van der Waals surface area contributed by atoms with Crippen molar-refractivity contribution in [1.82, 2.24) is 19.6 Å². The van der Waals surface area contributed by atoms with E-state index in [-0.39, 0.29) is 11.5 Å². The highest BCUT2D eigenvalue weighted by atomic mass is 16.2. The van der Waals surface area contributed by atoms with Crippen molar-refractivity contribution >= 4 is 17.1 Å². The molecule has 0 radical (unpaired) electrons. The lowest BCUT2D eigenvalue weighted by atomic mass is 10.2. The number of H-pyrrole nitrogens is 1. The average molecular weight is 309 g/mol. The van der Waals surface area contributed by atoms with Gasteiger partial charge in [0.05, 0.1) is 11.1 Å². The standard InChI is InChI=1S/C16H15N5O2/c22-13-3-1-2-8-21(13)20-16(23)11-6-7-17-15-14(11)18-12(19-15)9-10-4-5-10/h1-3,6-8,10H,4-5,9H2,(H,20,23)(H,17,18,19). The lowest BCUT2D eigenvalue weighted by Gasteiger charge is -2.07. The number of aromatic nitrogens is 4. The summed E-state index contributed by atoms with van der Waals surface area (Å²) < 4.78 is 1.15. The Morgan fingerprint density at radius 1 is 1.35 bits per heavy atom. The van der Waals surface area contributed by atoms with Crippen LogP contribution in [0.4, 0.5) is 0 Å². The summed E-state index contributed by atoms with van der Waals surface area (Å²) in [7, 11) is 0. The molecule has 1 fully saturated rings. The second kappa shape index (κ2) is 5.35. The lowest BCUT2D eigenvalue weighted by Crippen LogP contribution is -2.32. The molecule has 3 heterocycles. The van der Waals surface area contributed by atoms with Crippen molar-refractivity contribution in [3.8, 4) is 0 Å². The molecule has 0 aromatic carbocycles. The van der Waals surface area contributed by atoms with E-state index in [0.29, 0.717) is 22.6 Å². The number of fused-ring (bicyclic) bond motifs is 1. The molecule has 3 aromatic heterocycles. The van der Waals surface area contributed by atoms with E-state index < -0.39 is 0 Å². The first-order valence-electron chi connectivity index (χ1n) is 7.53. The maximum absolute atomic E-state index is 12.5. The Balaban J connectivity index is 1.67. The zero-order valence-corrected chi connectivity index (χ0v) is 12.3. The van der Waals surface area contributed by atoms with Crippen molar-refractivity contribution in [3.05, 3.63) is 58.4 Å². The number of carbonyl (C=O) groups is 1. The number of hydrogen-bond donors (Lipinski definition) is 2.